The van der Waals surface area contributed by atoms with Gasteiger partial charge in [-0.1, -0.05) is 84.0 Å². The second-order valence-electron chi connectivity index (χ2n) is 5.39. The Morgan fingerprint density at radius 1 is 0.684 bits per heavy atom. The predicted molar refractivity (Wildman–Crippen MR) is 86.5 cm³/mol. The van der Waals surface area contributed by atoms with Gasteiger partial charge < -0.3 is 5.11 Å². The molecule has 0 heterocycles. The van der Waals surface area contributed by atoms with Crippen LogP contribution in [0.2, 0.25) is 0 Å². The zero-order valence-electron chi connectivity index (χ0n) is 12.3. The Morgan fingerprint density at radius 3 is 1.32 bits per heavy atom. The van der Waals surface area contributed by atoms with Gasteiger partial charge in [-0.3, -0.25) is 4.79 Å². The number of aliphatic carboxylic acids is 1. The summed E-state index contributed by atoms with van der Waals surface area (Å²) >= 11 is 0. The number of rotatable bonds is 14. The Hall–Kier alpha value is 0.236. The molecule has 0 saturated carbocycles. The van der Waals surface area contributed by atoms with Crippen LogP contribution in [0.15, 0.2) is 0 Å². The van der Waals surface area contributed by atoms with Crippen LogP contribution in [0, 0.1) is 0 Å². The third-order valence-corrected chi connectivity index (χ3v) is 3.49. The molecule has 0 aromatic rings. The van der Waals surface area contributed by atoms with Gasteiger partial charge in [0.25, 0.3) is 0 Å². The number of carboxylic acids is 1. The fourth-order valence-electron chi connectivity index (χ4n) is 2.29. The lowest BCUT2D eigenvalue weighted by molar-refractivity contribution is -0.137. The van der Waals surface area contributed by atoms with Gasteiger partial charge in [-0.25, -0.2) is 0 Å². The molecule has 0 aromatic heterocycles. The number of hydrogen-bond acceptors (Lipinski definition) is 1. The molecule has 0 unspecified atom stereocenters. The fourth-order valence-corrected chi connectivity index (χ4v) is 2.29. The van der Waals surface area contributed by atoms with E-state index in [1.807, 2.05) is 0 Å². The third kappa shape index (κ3) is 20.7. The van der Waals surface area contributed by atoms with Crippen LogP contribution >= 0.6 is 0 Å². The molecule has 0 atom stereocenters. The molecule has 2 nitrogen and oxygen atoms in total. The van der Waals surface area contributed by atoms with Crippen molar-refractivity contribution in [3.8, 4) is 0 Å². The summed E-state index contributed by atoms with van der Waals surface area (Å²) in [5.41, 5.74) is 0. The fraction of sp³-hybridized carbons (Fsp3) is 0.938. The lowest BCUT2D eigenvalue weighted by Crippen LogP contribution is -1.93. The highest BCUT2D eigenvalue weighted by molar-refractivity contribution is 5.75. The molecular formula is C16H34MgO2. The van der Waals surface area contributed by atoms with E-state index in [2.05, 4.69) is 6.92 Å². The van der Waals surface area contributed by atoms with Crippen molar-refractivity contribution < 1.29 is 9.90 Å². The van der Waals surface area contributed by atoms with E-state index in [0.29, 0.717) is 6.42 Å². The van der Waals surface area contributed by atoms with E-state index in [0.717, 1.165) is 12.8 Å². The van der Waals surface area contributed by atoms with Gasteiger partial charge in [0.05, 0.1) is 0 Å². The van der Waals surface area contributed by atoms with Gasteiger partial charge in [0.15, 0.2) is 0 Å². The zero-order valence-corrected chi connectivity index (χ0v) is 12.3. The van der Waals surface area contributed by atoms with Crippen molar-refractivity contribution in [3.05, 3.63) is 0 Å². The smallest absolute Gasteiger partial charge is 0.316 e. The molecule has 0 aliphatic rings. The van der Waals surface area contributed by atoms with Crippen molar-refractivity contribution >= 4 is 29.0 Å². The molecule has 0 radical (unpaired) electrons. The first-order valence-electron chi connectivity index (χ1n) is 7.99. The van der Waals surface area contributed by atoms with Crippen LogP contribution in [-0.2, 0) is 4.79 Å². The Balaban J connectivity index is 0. The first-order valence-corrected chi connectivity index (χ1v) is 7.99. The molecule has 112 valence electrons. The first kappa shape index (κ1) is 21.5. The van der Waals surface area contributed by atoms with Crippen LogP contribution in [-0.4, -0.2) is 34.1 Å². The zero-order chi connectivity index (χ0) is 13.5. The Labute approximate surface area is 135 Å². The lowest BCUT2D eigenvalue weighted by atomic mass is 10.0. The minimum absolute atomic E-state index is 0. The molecule has 0 amide bonds. The predicted octanol–water partition coefficient (Wildman–Crippen LogP) is 4.64. The van der Waals surface area contributed by atoms with E-state index in [1.165, 1.54) is 70.6 Å². The minimum atomic E-state index is -0.655. The van der Waals surface area contributed by atoms with Gasteiger partial charge in [0.2, 0.25) is 0 Å². The highest BCUT2D eigenvalue weighted by Gasteiger charge is 1.96. The molecule has 0 rings (SSSR count). The summed E-state index contributed by atoms with van der Waals surface area (Å²) in [4.78, 5) is 10.3. The number of carboxylic acid groups (broad SMARTS) is 1. The van der Waals surface area contributed by atoms with E-state index in [-0.39, 0.29) is 23.1 Å². The van der Waals surface area contributed by atoms with Gasteiger partial charge in [0, 0.05) is 6.42 Å². The van der Waals surface area contributed by atoms with E-state index in [9.17, 15) is 4.79 Å². The van der Waals surface area contributed by atoms with Crippen molar-refractivity contribution in [1.29, 1.82) is 0 Å². The molecule has 0 aliphatic heterocycles. The summed E-state index contributed by atoms with van der Waals surface area (Å²) < 4.78 is 0. The molecule has 3 heteroatoms. The van der Waals surface area contributed by atoms with Crippen LogP contribution in [0.1, 0.15) is 96.8 Å². The minimum Gasteiger partial charge on any atom is -0.481 e. The standard InChI is InChI=1S/C16H32O2.Mg.2H/c1-2-3-4-5-6-7-8-9-10-11-12-13-14-15-16(17)18;;;/h2-15H2,1H3,(H,17,18);;;. The Morgan fingerprint density at radius 2 is 1.00 bits per heavy atom. The number of unbranched alkanes of at least 4 members (excludes halogenated alkanes) is 12. The summed E-state index contributed by atoms with van der Waals surface area (Å²) in [7, 11) is 0. The van der Waals surface area contributed by atoms with Gasteiger partial charge >= 0.3 is 29.0 Å². The van der Waals surface area contributed by atoms with Crippen molar-refractivity contribution in [2.45, 2.75) is 96.8 Å². The van der Waals surface area contributed by atoms with Gasteiger partial charge in [-0.15, -0.1) is 0 Å². The number of carbonyl (C=O) groups is 1. The molecule has 0 bridgehead atoms. The van der Waals surface area contributed by atoms with Crippen LogP contribution in [0.5, 0.6) is 0 Å². The maximum absolute atomic E-state index is 10.3. The summed E-state index contributed by atoms with van der Waals surface area (Å²) in [6.45, 7) is 2.26. The molecule has 0 aromatic carbocycles. The van der Waals surface area contributed by atoms with E-state index < -0.39 is 5.97 Å². The average molecular weight is 283 g/mol. The van der Waals surface area contributed by atoms with Crippen LogP contribution in [0.3, 0.4) is 0 Å². The topological polar surface area (TPSA) is 37.3 Å². The van der Waals surface area contributed by atoms with Crippen LogP contribution < -0.4 is 0 Å². The summed E-state index contributed by atoms with van der Waals surface area (Å²) in [5, 5.41) is 8.49. The molecule has 1 N–H and O–H groups in total. The van der Waals surface area contributed by atoms with Crippen molar-refractivity contribution in [1.82, 2.24) is 0 Å². The highest BCUT2D eigenvalue weighted by atomic mass is 24.3. The quantitative estimate of drug-likeness (QED) is 0.372. The molecule has 0 fully saturated rings. The van der Waals surface area contributed by atoms with Crippen molar-refractivity contribution in [2.24, 2.45) is 0 Å². The molecule has 0 spiro atoms. The molecular weight excluding hydrogens is 248 g/mol. The van der Waals surface area contributed by atoms with Crippen molar-refractivity contribution in [2.75, 3.05) is 0 Å². The van der Waals surface area contributed by atoms with Gasteiger partial charge in [-0.05, 0) is 6.42 Å². The second kappa shape index (κ2) is 18.2. The highest BCUT2D eigenvalue weighted by Crippen LogP contribution is 2.12. The van der Waals surface area contributed by atoms with Crippen LogP contribution in [0.4, 0.5) is 0 Å². The maximum atomic E-state index is 10.3. The monoisotopic (exact) mass is 282 g/mol. The largest absolute Gasteiger partial charge is 0.481 e. The first-order chi connectivity index (χ1) is 8.77. The summed E-state index contributed by atoms with van der Waals surface area (Å²) in [5.74, 6) is -0.655. The Kier molecular flexibility index (Phi) is 20.7. The maximum Gasteiger partial charge on any atom is 0.316 e. The van der Waals surface area contributed by atoms with E-state index in [4.69, 9.17) is 5.11 Å². The second-order valence-corrected chi connectivity index (χ2v) is 5.39. The van der Waals surface area contributed by atoms with Crippen LogP contribution in [0.25, 0.3) is 0 Å². The molecule has 19 heavy (non-hydrogen) atoms. The lowest BCUT2D eigenvalue weighted by Gasteiger charge is -2.02. The number of hydrogen-bond donors (Lipinski definition) is 1. The normalized spacial score (nSPS) is 10.2. The summed E-state index contributed by atoms with van der Waals surface area (Å²) in [6, 6.07) is 0. The molecule has 0 aliphatic carbocycles. The van der Waals surface area contributed by atoms with Gasteiger partial charge in [0.1, 0.15) is 0 Å². The SMILES string of the molecule is CCCCCCCCCCCCCCCC(=O)O.[MgH2]. The van der Waals surface area contributed by atoms with E-state index >= 15 is 0 Å². The Bertz CT molecular complexity index is 184. The van der Waals surface area contributed by atoms with Crippen molar-refractivity contribution in [3.63, 3.8) is 0 Å². The van der Waals surface area contributed by atoms with E-state index in [1.54, 1.807) is 0 Å². The third-order valence-electron chi connectivity index (χ3n) is 3.49. The molecule has 0 saturated heterocycles. The summed E-state index contributed by atoms with van der Waals surface area (Å²) in [6.07, 6.45) is 17.3. The van der Waals surface area contributed by atoms with Gasteiger partial charge in [-0.2, -0.15) is 0 Å². The average Bonchev–Trinajstić information content (AvgIpc) is 2.34.